The van der Waals surface area contributed by atoms with Crippen LogP contribution in [-0.4, -0.2) is 4.98 Å². The normalized spacial score (nSPS) is 12.3. The second-order valence-electron chi connectivity index (χ2n) is 5.16. The zero-order valence-electron chi connectivity index (χ0n) is 13.1. The maximum absolute atomic E-state index is 4.36. The van der Waals surface area contributed by atoms with Gasteiger partial charge in [-0.05, 0) is 44.0 Å². The summed E-state index contributed by atoms with van der Waals surface area (Å²) >= 11 is 0. The van der Waals surface area contributed by atoms with Crippen LogP contribution in [0.2, 0.25) is 0 Å². The largest absolute Gasteiger partial charge is 2.00 e. The maximum atomic E-state index is 4.36. The van der Waals surface area contributed by atoms with E-state index in [1.165, 1.54) is 22.4 Å². The summed E-state index contributed by atoms with van der Waals surface area (Å²) in [6, 6.07) is 10.4. The standard InChI is InChI=1S/C17H18N3.2BrH.Pd.H2/c1-13-10-14(2)17(15(3)11-13)20-9-8-19(12-20)16-6-4-5-7-18-16;;;;/h4-12H,1-3H3;2*1H;;1H/q;;;+2;/p-2. The van der Waals surface area contributed by atoms with Crippen LogP contribution in [0, 0.1) is 27.4 Å². The van der Waals surface area contributed by atoms with Crippen molar-refractivity contribution in [2.45, 2.75) is 20.8 Å². The molecule has 0 N–H and O–H groups in total. The first kappa shape index (κ1) is 22.3. The van der Waals surface area contributed by atoms with Crippen molar-refractivity contribution in [3.63, 3.8) is 0 Å². The van der Waals surface area contributed by atoms with Crippen molar-refractivity contribution in [2.24, 2.45) is 0 Å². The molecule has 2 aromatic rings. The Morgan fingerprint density at radius 3 is 2.09 bits per heavy atom. The van der Waals surface area contributed by atoms with Gasteiger partial charge in [0, 0.05) is 25.7 Å². The number of benzene rings is 1. The van der Waals surface area contributed by atoms with Gasteiger partial charge in [0.2, 0.25) is 0 Å². The van der Waals surface area contributed by atoms with Crippen LogP contribution in [0.5, 0.6) is 0 Å². The van der Waals surface area contributed by atoms with Crippen molar-refractivity contribution in [2.75, 3.05) is 9.80 Å². The Balaban J connectivity index is 0. The third-order valence-corrected chi connectivity index (χ3v) is 3.44. The first-order valence-electron chi connectivity index (χ1n) is 6.74. The summed E-state index contributed by atoms with van der Waals surface area (Å²) in [6.45, 7) is 8.50. The Labute approximate surface area is 174 Å². The summed E-state index contributed by atoms with van der Waals surface area (Å²) < 4.78 is 0. The van der Waals surface area contributed by atoms with Crippen LogP contribution in [0.4, 0.5) is 11.5 Å². The number of hydrogen-bond donors (Lipinski definition) is 0. The van der Waals surface area contributed by atoms with Gasteiger partial charge in [-0.25, -0.2) is 4.98 Å². The summed E-state index contributed by atoms with van der Waals surface area (Å²) in [5, 5.41) is 0. The van der Waals surface area contributed by atoms with Crippen molar-refractivity contribution >= 4 is 11.5 Å². The van der Waals surface area contributed by atoms with E-state index in [-0.39, 0.29) is 55.8 Å². The van der Waals surface area contributed by atoms with E-state index in [2.05, 4.69) is 55.7 Å². The van der Waals surface area contributed by atoms with Crippen molar-refractivity contribution in [3.05, 3.63) is 72.3 Å². The van der Waals surface area contributed by atoms with Crippen LogP contribution in [-0.2, 0) is 20.4 Å². The van der Waals surface area contributed by atoms with Crippen LogP contribution < -0.4 is 43.8 Å². The van der Waals surface area contributed by atoms with E-state index < -0.39 is 0 Å². The summed E-state index contributed by atoms with van der Waals surface area (Å²) in [5.74, 6) is 0.925. The van der Waals surface area contributed by atoms with Gasteiger partial charge < -0.3 is 43.8 Å². The van der Waals surface area contributed by atoms with Gasteiger partial charge in [-0.2, -0.15) is 0 Å². The molecule has 1 aliphatic heterocycles. The topological polar surface area (TPSA) is 19.4 Å². The average Bonchev–Trinajstić information content (AvgIpc) is 2.88. The molecule has 2 heterocycles. The molecular formula is C17H20Br2N3Pd. The molecular weight excluding hydrogens is 512 g/mol. The molecule has 0 bridgehead atoms. The molecule has 0 aliphatic carbocycles. The fourth-order valence-corrected chi connectivity index (χ4v) is 2.71. The van der Waals surface area contributed by atoms with Gasteiger partial charge in [-0.3, -0.25) is 0 Å². The SMILES string of the molecule is Cc1cc(C)c(N2[CH]N(c3ccccn3)C=C2)c(C)c1.[Br-].[Br-].[HH].[Pd+2]. The van der Waals surface area contributed by atoms with Gasteiger partial charge in [0.05, 0.1) is 0 Å². The molecule has 0 unspecified atom stereocenters. The third kappa shape index (κ3) is 4.90. The molecule has 0 saturated carbocycles. The maximum Gasteiger partial charge on any atom is 2.00 e. The minimum atomic E-state index is 0. The van der Waals surface area contributed by atoms with Crippen molar-refractivity contribution < 1.29 is 55.8 Å². The molecule has 127 valence electrons. The van der Waals surface area contributed by atoms with E-state index in [0.29, 0.717) is 0 Å². The molecule has 1 aromatic heterocycles. The van der Waals surface area contributed by atoms with Crippen LogP contribution in [0.25, 0.3) is 0 Å². The Hall–Kier alpha value is -0.668. The van der Waals surface area contributed by atoms with Crippen LogP contribution in [0.1, 0.15) is 18.1 Å². The fourth-order valence-electron chi connectivity index (χ4n) is 2.71. The molecule has 0 fully saturated rings. The average molecular weight is 533 g/mol. The van der Waals surface area contributed by atoms with E-state index in [9.17, 15) is 0 Å². The number of rotatable bonds is 2. The first-order valence-corrected chi connectivity index (χ1v) is 6.74. The molecule has 1 aromatic carbocycles. The molecule has 1 aliphatic rings. The Kier molecular flexibility index (Phi) is 9.31. The number of aromatic nitrogens is 1. The summed E-state index contributed by atoms with van der Waals surface area (Å²) in [5.41, 5.74) is 5.11. The molecule has 6 heteroatoms. The molecule has 0 saturated heterocycles. The molecule has 23 heavy (non-hydrogen) atoms. The number of nitrogens with zero attached hydrogens (tertiary/aromatic N) is 3. The molecule has 3 nitrogen and oxygen atoms in total. The molecule has 1 radical (unpaired) electrons. The summed E-state index contributed by atoms with van der Waals surface area (Å²) in [4.78, 5) is 8.54. The number of pyridine rings is 1. The Bertz CT molecular complexity index is 645. The fraction of sp³-hybridized carbons (Fsp3) is 0.176. The number of halogens is 2. The van der Waals surface area contributed by atoms with Gasteiger partial charge in [-0.15, -0.1) is 0 Å². The molecule has 0 amide bonds. The van der Waals surface area contributed by atoms with Crippen molar-refractivity contribution in [3.8, 4) is 0 Å². The van der Waals surface area contributed by atoms with E-state index in [1.807, 2.05) is 35.5 Å². The number of aryl methyl sites for hydroxylation is 3. The molecule has 0 atom stereocenters. The van der Waals surface area contributed by atoms with Crippen molar-refractivity contribution in [1.29, 1.82) is 0 Å². The zero-order valence-corrected chi connectivity index (χ0v) is 17.8. The molecule has 0 spiro atoms. The van der Waals surface area contributed by atoms with Gasteiger partial charge in [-0.1, -0.05) is 23.8 Å². The predicted molar refractivity (Wildman–Crippen MR) is 85.4 cm³/mol. The smallest absolute Gasteiger partial charge is 1.00 e. The number of anilines is 2. The van der Waals surface area contributed by atoms with Gasteiger partial charge >= 0.3 is 20.4 Å². The van der Waals surface area contributed by atoms with E-state index in [0.717, 1.165) is 5.82 Å². The minimum absolute atomic E-state index is 0. The predicted octanol–water partition coefficient (Wildman–Crippen LogP) is -1.82. The van der Waals surface area contributed by atoms with E-state index in [1.54, 1.807) is 0 Å². The van der Waals surface area contributed by atoms with Crippen LogP contribution in [0.3, 0.4) is 0 Å². The monoisotopic (exact) mass is 530 g/mol. The van der Waals surface area contributed by atoms with Gasteiger partial charge in [0.1, 0.15) is 5.82 Å². The van der Waals surface area contributed by atoms with Gasteiger partial charge in [0.25, 0.3) is 0 Å². The van der Waals surface area contributed by atoms with Gasteiger partial charge in [0.15, 0.2) is 6.67 Å². The van der Waals surface area contributed by atoms with E-state index >= 15 is 0 Å². The van der Waals surface area contributed by atoms with E-state index in [4.69, 9.17) is 0 Å². The second kappa shape index (κ2) is 9.59. The van der Waals surface area contributed by atoms with Crippen LogP contribution in [0.15, 0.2) is 48.9 Å². The summed E-state index contributed by atoms with van der Waals surface area (Å²) in [7, 11) is 0. The van der Waals surface area contributed by atoms with Crippen LogP contribution >= 0.6 is 0 Å². The Morgan fingerprint density at radius 2 is 1.52 bits per heavy atom. The second-order valence-corrected chi connectivity index (χ2v) is 5.16. The van der Waals surface area contributed by atoms with Crippen molar-refractivity contribution in [1.82, 2.24) is 4.98 Å². The third-order valence-electron chi connectivity index (χ3n) is 3.44. The quantitative estimate of drug-likeness (QED) is 0.425. The number of hydrogen-bond acceptors (Lipinski definition) is 3. The molecule has 3 rings (SSSR count). The minimum Gasteiger partial charge on any atom is -1.00 e. The first-order chi connectivity index (χ1) is 9.65. The summed E-state index contributed by atoms with van der Waals surface area (Å²) in [6.07, 6.45) is 5.91. The Morgan fingerprint density at radius 1 is 0.913 bits per heavy atom. The zero-order chi connectivity index (χ0) is 14.1.